The number of carbonyl (C=O) groups excluding carboxylic acids is 2. The predicted molar refractivity (Wildman–Crippen MR) is 46.6 cm³/mol. The lowest BCUT2D eigenvalue weighted by molar-refractivity contribution is 0.235. The molecule has 0 aromatic rings. The maximum atomic E-state index is 10.5. The number of nitrogens with one attached hydrogen (secondary N) is 3. The zero-order valence-corrected chi connectivity index (χ0v) is 7.91. The first-order valence-corrected chi connectivity index (χ1v) is 3.83. The smallest absolute Gasteiger partial charge is 0.273 e. The maximum Gasteiger partial charge on any atom is 0.374 e. The topological polar surface area (TPSA) is 148 Å². The molecule has 4 amide bonds. The van der Waals surface area contributed by atoms with Gasteiger partial charge < -0.3 is 0 Å². The molecule has 0 spiro atoms. The average molecular weight is 220 g/mol. The number of amides is 4. The molecule has 11 heteroatoms. The number of hydrogen-bond acceptors (Lipinski definition) is 7. The second-order valence-electron chi connectivity index (χ2n) is 1.74. The van der Waals surface area contributed by atoms with Crippen molar-refractivity contribution >= 4 is 24.2 Å². The molecule has 10 nitrogen and oxygen atoms in total. The quantitative estimate of drug-likeness (QED) is 0.176. The van der Waals surface area contributed by atoms with Gasteiger partial charge in [0.25, 0.3) is 0 Å². The van der Waals surface area contributed by atoms with E-state index in [1.807, 2.05) is 0 Å². The summed E-state index contributed by atoms with van der Waals surface area (Å²) in [7, 11) is 1.42. The monoisotopic (exact) mass is 220 g/mol. The molecule has 0 aliphatic heterocycles. The van der Waals surface area contributed by atoms with Crippen LogP contribution in [0.3, 0.4) is 0 Å². The summed E-state index contributed by atoms with van der Waals surface area (Å²) < 4.78 is 4.39. The molecule has 0 aromatic carbocycles. The van der Waals surface area contributed by atoms with Gasteiger partial charge in [0.15, 0.2) is 0 Å². The van der Waals surface area contributed by atoms with Gasteiger partial charge in [-0.2, -0.15) is 5.53 Å². The Morgan fingerprint density at radius 3 is 2.64 bits per heavy atom. The van der Waals surface area contributed by atoms with Crippen LogP contribution in [0.25, 0.3) is 0 Å². The van der Waals surface area contributed by atoms with Crippen LogP contribution in [0.2, 0.25) is 0 Å². The van der Waals surface area contributed by atoms with Crippen LogP contribution in [0.1, 0.15) is 0 Å². The highest BCUT2D eigenvalue weighted by Crippen LogP contribution is 2.05. The highest BCUT2D eigenvalue weighted by molar-refractivity contribution is 7.95. The Morgan fingerprint density at radius 2 is 2.14 bits per heavy atom. The fraction of sp³-hybridized carbons (Fsp3) is 0.333. The van der Waals surface area contributed by atoms with Crippen molar-refractivity contribution in [2.24, 2.45) is 20.6 Å². The van der Waals surface area contributed by atoms with Gasteiger partial charge in [-0.05, 0) is 0 Å². The predicted octanol–water partition coefficient (Wildman–Crippen LogP) is 0.172. The minimum absolute atomic E-state index is 0.664. The zero-order valence-electron chi connectivity index (χ0n) is 7.09. The number of rotatable bonds is 3. The van der Waals surface area contributed by atoms with E-state index >= 15 is 0 Å². The van der Waals surface area contributed by atoms with Crippen molar-refractivity contribution in [1.29, 1.82) is 5.53 Å². The average Bonchev–Trinajstić information content (AvgIpc) is 2.17. The van der Waals surface area contributed by atoms with Crippen LogP contribution >= 0.6 is 12.1 Å². The summed E-state index contributed by atoms with van der Waals surface area (Å²) in [6.07, 6.45) is 0. The van der Waals surface area contributed by atoms with Crippen LogP contribution in [-0.2, 0) is 0 Å². The van der Waals surface area contributed by atoms with E-state index in [4.69, 9.17) is 11.4 Å². The molecule has 14 heavy (non-hydrogen) atoms. The fourth-order valence-electron chi connectivity index (χ4n) is 0.319. The van der Waals surface area contributed by atoms with E-state index in [1.165, 1.54) is 7.05 Å². The molecule has 0 unspecified atom stereocenters. The molecule has 0 rings (SSSR count). The summed E-state index contributed by atoms with van der Waals surface area (Å²) in [5, 5.41) is 5.62. The van der Waals surface area contributed by atoms with Crippen molar-refractivity contribution in [3.8, 4) is 0 Å². The lowest BCUT2D eigenvalue weighted by atomic mass is 11.1. The van der Waals surface area contributed by atoms with Gasteiger partial charge in [0.1, 0.15) is 12.1 Å². The third kappa shape index (κ3) is 5.99. The van der Waals surface area contributed by atoms with E-state index in [2.05, 4.69) is 20.2 Å². The summed E-state index contributed by atoms with van der Waals surface area (Å²) in [5.74, 6) is 4.71. The molecule has 78 valence electrons. The maximum absolute atomic E-state index is 10.5. The first-order valence-electron chi connectivity index (χ1n) is 3.10. The van der Waals surface area contributed by atoms with Gasteiger partial charge in [0.05, 0.1) is 0 Å². The molecule has 5 N–H and O–H groups in total. The summed E-state index contributed by atoms with van der Waals surface area (Å²) in [4.78, 5) is 20.9. The highest BCUT2D eigenvalue weighted by atomic mass is 32.2. The van der Waals surface area contributed by atoms with Gasteiger partial charge in [-0.1, -0.05) is 14.7 Å². The molecule has 0 saturated heterocycles. The normalized spacial score (nSPS) is 10.2. The lowest BCUT2D eigenvalue weighted by Gasteiger charge is -2.08. The fourth-order valence-corrected chi connectivity index (χ4v) is 0.658. The largest absolute Gasteiger partial charge is 0.374 e. The minimum atomic E-state index is -0.863. The molecule has 0 atom stereocenters. The number of hydrazine groups is 2. The van der Waals surface area contributed by atoms with E-state index in [1.54, 1.807) is 5.43 Å². The van der Waals surface area contributed by atoms with Crippen LogP contribution in [-0.4, -0.2) is 23.5 Å². The Labute approximate surface area is 83.0 Å². The summed E-state index contributed by atoms with van der Waals surface area (Å²) in [6.45, 7) is 0. The Bertz CT molecular complexity index is 253. The second kappa shape index (κ2) is 6.88. The number of urea groups is 2. The van der Waals surface area contributed by atoms with Crippen molar-refractivity contribution in [2.75, 3.05) is 7.05 Å². The van der Waals surface area contributed by atoms with Gasteiger partial charge >= 0.3 is 12.1 Å². The molecule has 0 aromatic heterocycles. The Hall–Kier alpha value is -1.59. The summed E-state index contributed by atoms with van der Waals surface area (Å²) >= 11 is 0.664. The van der Waals surface area contributed by atoms with Gasteiger partial charge in [0, 0.05) is 7.05 Å². The molecule has 0 aliphatic rings. The Kier molecular flexibility index (Phi) is 6.09. The van der Waals surface area contributed by atoms with Gasteiger partial charge in [0.2, 0.25) is 0 Å². The highest BCUT2D eigenvalue weighted by Gasteiger charge is 2.02. The SMILES string of the molecule is CN(NC(=O)N=N)SN=NC(=O)NN. The van der Waals surface area contributed by atoms with Crippen LogP contribution in [0.5, 0.6) is 0 Å². The van der Waals surface area contributed by atoms with Crippen LogP contribution < -0.4 is 16.7 Å². The van der Waals surface area contributed by atoms with Gasteiger partial charge in [-0.3, -0.25) is 10.9 Å². The molecular formula is C3H8N8O2S. The van der Waals surface area contributed by atoms with E-state index in [0.717, 1.165) is 4.41 Å². The molecule has 0 radical (unpaired) electrons. The van der Waals surface area contributed by atoms with E-state index in [9.17, 15) is 9.59 Å². The van der Waals surface area contributed by atoms with Crippen molar-refractivity contribution in [3.05, 3.63) is 0 Å². The standard InChI is InChI=1S/C3H8N8O2S/c1-11(9-3(13)7-5)14-10-8-2(12)6-4/h5H,4H2,1H3,(H,6,12)(H,9,13). The zero-order chi connectivity index (χ0) is 11.0. The van der Waals surface area contributed by atoms with Crippen LogP contribution in [0, 0.1) is 5.53 Å². The number of carbonyl (C=O) groups is 2. The number of nitrogens with zero attached hydrogens (tertiary/aromatic N) is 4. The minimum Gasteiger partial charge on any atom is -0.273 e. The number of nitrogens with two attached hydrogens (primary N) is 1. The second-order valence-corrected chi connectivity index (χ2v) is 2.61. The van der Waals surface area contributed by atoms with Gasteiger partial charge in [-0.15, -0.1) is 4.41 Å². The molecule has 0 heterocycles. The molecule has 0 bridgehead atoms. The van der Waals surface area contributed by atoms with Crippen molar-refractivity contribution in [1.82, 2.24) is 15.3 Å². The van der Waals surface area contributed by atoms with E-state index in [-0.39, 0.29) is 0 Å². The molecule has 0 aliphatic carbocycles. The molecular weight excluding hydrogens is 212 g/mol. The third-order valence-corrected chi connectivity index (χ3v) is 1.26. The first-order chi connectivity index (χ1) is 6.60. The van der Waals surface area contributed by atoms with Crippen molar-refractivity contribution < 1.29 is 9.59 Å². The molecule has 0 saturated carbocycles. The molecule has 0 fully saturated rings. The summed E-state index contributed by atoms with van der Waals surface area (Å²) in [6, 6.07) is -1.68. The summed E-state index contributed by atoms with van der Waals surface area (Å²) in [5.41, 5.74) is 10.2. The first kappa shape index (κ1) is 12.4. The Morgan fingerprint density at radius 1 is 1.50 bits per heavy atom. The van der Waals surface area contributed by atoms with E-state index in [0.29, 0.717) is 12.1 Å². The Balaban J connectivity index is 3.78. The van der Waals surface area contributed by atoms with Crippen molar-refractivity contribution in [2.45, 2.75) is 0 Å². The number of hydrogen-bond donors (Lipinski definition) is 4. The third-order valence-electron chi connectivity index (χ3n) is 0.769. The van der Waals surface area contributed by atoms with Crippen LogP contribution in [0.15, 0.2) is 14.7 Å². The van der Waals surface area contributed by atoms with Gasteiger partial charge in [-0.25, -0.2) is 15.4 Å². The van der Waals surface area contributed by atoms with E-state index < -0.39 is 12.1 Å². The lowest BCUT2D eigenvalue weighted by Crippen LogP contribution is -2.31. The van der Waals surface area contributed by atoms with Crippen LogP contribution in [0.4, 0.5) is 9.59 Å². The van der Waals surface area contributed by atoms with Crippen molar-refractivity contribution in [3.63, 3.8) is 0 Å².